The van der Waals surface area contributed by atoms with E-state index < -0.39 is 0 Å². The zero-order valence-electron chi connectivity index (χ0n) is 11.0. The molecule has 0 fully saturated rings. The number of benzene rings is 1. The van der Waals surface area contributed by atoms with Crippen molar-refractivity contribution in [2.45, 2.75) is 31.9 Å². The van der Waals surface area contributed by atoms with E-state index in [-0.39, 0.29) is 18.8 Å². The summed E-state index contributed by atoms with van der Waals surface area (Å²) in [7, 11) is 1.64. The predicted molar refractivity (Wildman–Crippen MR) is 70.1 cm³/mol. The first-order chi connectivity index (χ1) is 8.78. The van der Waals surface area contributed by atoms with Crippen molar-refractivity contribution in [3.05, 3.63) is 23.8 Å². The first-order valence-corrected chi connectivity index (χ1v) is 6.47. The van der Waals surface area contributed by atoms with Gasteiger partial charge in [0.25, 0.3) is 0 Å². The molecule has 4 nitrogen and oxygen atoms in total. The minimum atomic E-state index is -0.140. The van der Waals surface area contributed by atoms with Crippen molar-refractivity contribution in [2.24, 2.45) is 0 Å². The first kappa shape index (κ1) is 13.2. The lowest BCUT2D eigenvalue weighted by Crippen LogP contribution is -2.35. The van der Waals surface area contributed by atoms with E-state index in [2.05, 4.69) is 12.2 Å². The van der Waals surface area contributed by atoms with Crippen LogP contribution in [0.2, 0.25) is 0 Å². The second-order valence-corrected chi connectivity index (χ2v) is 4.57. The molecule has 18 heavy (non-hydrogen) atoms. The van der Waals surface area contributed by atoms with Gasteiger partial charge in [-0.15, -0.1) is 0 Å². The molecule has 1 aliphatic rings. The van der Waals surface area contributed by atoms with E-state index >= 15 is 0 Å². The van der Waals surface area contributed by atoms with E-state index in [9.17, 15) is 5.11 Å². The van der Waals surface area contributed by atoms with E-state index in [4.69, 9.17) is 9.47 Å². The van der Waals surface area contributed by atoms with Crippen LogP contribution in [-0.2, 0) is 0 Å². The number of fused-ring (bicyclic) bond motifs is 1. The second kappa shape index (κ2) is 6.07. The third-order valence-corrected chi connectivity index (χ3v) is 3.23. The van der Waals surface area contributed by atoms with Gasteiger partial charge in [-0.3, -0.25) is 0 Å². The SMILES string of the molecule is CCCNC1CC(CO)Oc2cc(OC)ccc21. The summed E-state index contributed by atoms with van der Waals surface area (Å²) in [6, 6.07) is 6.12. The second-order valence-electron chi connectivity index (χ2n) is 4.57. The summed E-state index contributed by atoms with van der Waals surface area (Å²) in [5.74, 6) is 1.59. The topological polar surface area (TPSA) is 50.7 Å². The number of hydrogen-bond donors (Lipinski definition) is 2. The van der Waals surface area contributed by atoms with Crippen LogP contribution < -0.4 is 14.8 Å². The number of hydrogen-bond acceptors (Lipinski definition) is 4. The quantitative estimate of drug-likeness (QED) is 0.839. The van der Waals surface area contributed by atoms with Crippen LogP contribution in [0.15, 0.2) is 18.2 Å². The van der Waals surface area contributed by atoms with E-state index in [1.807, 2.05) is 18.2 Å². The van der Waals surface area contributed by atoms with Crippen LogP contribution in [0.5, 0.6) is 11.5 Å². The van der Waals surface area contributed by atoms with Gasteiger partial charge >= 0.3 is 0 Å². The van der Waals surface area contributed by atoms with Gasteiger partial charge < -0.3 is 19.9 Å². The molecule has 0 aliphatic carbocycles. The van der Waals surface area contributed by atoms with Crippen molar-refractivity contribution in [2.75, 3.05) is 20.3 Å². The van der Waals surface area contributed by atoms with Crippen molar-refractivity contribution in [3.8, 4) is 11.5 Å². The van der Waals surface area contributed by atoms with Gasteiger partial charge in [0, 0.05) is 24.1 Å². The Balaban J connectivity index is 2.24. The summed E-state index contributed by atoms with van der Waals surface area (Å²) in [6.45, 7) is 3.15. The molecule has 100 valence electrons. The van der Waals surface area contributed by atoms with Crippen LogP contribution in [0.1, 0.15) is 31.4 Å². The van der Waals surface area contributed by atoms with E-state index in [0.717, 1.165) is 36.4 Å². The molecule has 1 aromatic rings. The molecule has 1 heterocycles. The van der Waals surface area contributed by atoms with Crippen molar-refractivity contribution in [1.82, 2.24) is 5.32 Å². The normalized spacial score (nSPS) is 22.2. The molecule has 0 bridgehead atoms. The van der Waals surface area contributed by atoms with Gasteiger partial charge in [0.1, 0.15) is 17.6 Å². The molecular weight excluding hydrogens is 230 g/mol. The largest absolute Gasteiger partial charge is 0.497 e. The Morgan fingerprint density at radius 3 is 3.00 bits per heavy atom. The number of rotatable bonds is 5. The molecule has 0 amide bonds. The number of methoxy groups -OCH3 is 1. The van der Waals surface area contributed by atoms with Gasteiger partial charge in [0.2, 0.25) is 0 Å². The Hall–Kier alpha value is -1.26. The fourth-order valence-electron chi connectivity index (χ4n) is 2.27. The fourth-order valence-corrected chi connectivity index (χ4v) is 2.27. The van der Waals surface area contributed by atoms with Gasteiger partial charge in [0.05, 0.1) is 13.7 Å². The Kier molecular flexibility index (Phi) is 4.44. The lowest BCUT2D eigenvalue weighted by atomic mass is 9.96. The van der Waals surface area contributed by atoms with Crippen molar-refractivity contribution >= 4 is 0 Å². The number of ether oxygens (including phenoxy) is 2. The van der Waals surface area contributed by atoms with E-state index in [1.54, 1.807) is 7.11 Å². The van der Waals surface area contributed by atoms with Gasteiger partial charge in [-0.05, 0) is 19.0 Å². The van der Waals surface area contributed by atoms with Crippen LogP contribution >= 0.6 is 0 Å². The highest BCUT2D eigenvalue weighted by atomic mass is 16.5. The summed E-state index contributed by atoms with van der Waals surface area (Å²) in [5.41, 5.74) is 1.15. The van der Waals surface area contributed by atoms with Crippen LogP contribution in [0, 0.1) is 0 Å². The fraction of sp³-hybridized carbons (Fsp3) is 0.571. The molecule has 2 rings (SSSR count). The highest BCUT2D eigenvalue weighted by Crippen LogP contribution is 2.37. The molecular formula is C14H21NO3. The predicted octanol–water partition coefficient (Wildman–Crippen LogP) is 1.88. The van der Waals surface area contributed by atoms with Gasteiger partial charge in [-0.2, -0.15) is 0 Å². The van der Waals surface area contributed by atoms with Gasteiger partial charge in [0.15, 0.2) is 0 Å². The Bertz CT molecular complexity index is 395. The third kappa shape index (κ3) is 2.76. The summed E-state index contributed by atoms with van der Waals surface area (Å²) in [6.07, 6.45) is 1.75. The summed E-state index contributed by atoms with van der Waals surface area (Å²) in [5, 5.41) is 12.8. The Labute approximate surface area is 108 Å². The molecule has 2 atom stereocenters. The number of aliphatic hydroxyl groups is 1. The lowest BCUT2D eigenvalue weighted by molar-refractivity contribution is 0.0832. The summed E-state index contributed by atoms with van der Waals surface area (Å²) >= 11 is 0. The number of nitrogens with one attached hydrogen (secondary N) is 1. The Morgan fingerprint density at radius 1 is 1.50 bits per heavy atom. The minimum absolute atomic E-state index is 0.0426. The highest BCUT2D eigenvalue weighted by molar-refractivity contribution is 5.44. The molecule has 0 saturated heterocycles. The van der Waals surface area contributed by atoms with Gasteiger partial charge in [-0.1, -0.05) is 13.0 Å². The highest BCUT2D eigenvalue weighted by Gasteiger charge is 2.27. The standard InChI is InChI=1S/C14H21NO3/c1-3-6-15-13-7-11(9-16)18-14-8-10(17-2)4-5-12(13)14/h4-5,8,11,13,15-16H,3,6-7,9H2,1-2H3. The molecule has 2 N–H and O–H groups in total. The maximum Gasteiger partial charge on any atom is 0.128 e. The molecule has 0 spiro atoms. The van der Waals surface area contributed by atoms with E-state index in [1.165, 1.54) is 0 Å². The molecule has 2 unspecified atom stereocenters. The maximum absolute atomic E-state index is 9.30. The smallest absolute Gasteiger partial charge is 0.128 e. The third-order valence-electron chi connectivity index (χ3n) is 3.23. The van der Waals surface area contributed by atoms with Gasteiger partial charge in [-0.25, -0.2) is 0 Å². The molecule has 0 saturated carbocycles. The first-order valence-electron chi connectivity index (χ1n) is 6.47. The zero-order valence-corrected chi connectivity index (χ0v) is 11.0. The lowest BCUT2D eigenvalue weighted by Gasteiger charge is -2.32. The molecule has 0 radical (unpaired) electrons. The maximum atomic E-state index is 9.30. The van der Waals surface area contributed by atoms with Crippen LogP contribution in [-0.4, -0.2) is 31.5 Å². The minimum Gasteiger partial charge on any atom is -0.497 e. The molecule has 1 aliphatic heterocycles. The van der Waals surface area contributed by atoms with Crippen molar-refractivity contribution in [3.63, 3.8) is 0 Å². The van der Waals surface area contributed by atoms with Crippen molar-refractivity contribution < 1.29 is 14.6 Å². The molecule has 4 heteroatoms. The van der Waals surface area contributed by atoms with Crippen LogP contribution in [0.3, 0.4) is 0 Å². The van der Waals surface area contributed by atoms with Crippen molar-refractivity contribution in [1.29, 1.82) is 0 Å². The monoisotopic (exact) mass is 251 g/mol. The van der Waals surface area contributed by atoms with E-state index in [0.29, 0.717) is 0 Å². The molecule has 0 aromatic heterocycles. The average Bonchev–Trinajstić information content (AvgIpc) is 2.43. The zero-order chi connectivity index (χ0) is 13.0. The summed E-state index contributed by atoms with van der Waals surface area (Å²) < 4.78 is 11.0. The molecule has 1 aromatic carbocycles. The van der Waals surface area contributed by atoms with Crippen LogP contribution in [0.4, 0.5) is 0 Å². The average molecular weight is 251 g/mol. The van der Waals surface area contributed by atoms with Crippen LogP contribution in [0.25, 0.3) is 0 Å². The summed E-state index contributed by atoms with van der Waals surface area (Å²) in [4.78, 5) is 0. The Morgan fingerprint density at radius 2 is 2.33 bits per heavy atom. The number of aliphatic hydroxyl groups excluding tert-OH is 1.